The second-order valence-corrected chi connectivity index (χ2v) is 4.70. The van der Waals surface area contributed by atoms with E-state index in [0.29, 0.717) is 12.4 Å². The zero-order valence-corrected chi connectivity index (χ0v) is 11.8. The van der Waals surface area contributed by atoms with Crippen LogP contribution in [0, 0.1) is 0 Å². The molecule has 2 N–H and O–H groups in total. The number of hydrogen-bond donors (Lipinski definition) is 1. The van der Waals surface area contributed by atoms with Crippen molar-refractivity contribution >= 4 is 11.8 Å². The fourth-order valence-corrected chi connectivity index (χ4v) is 2.45. The zero-order chi connectivity index (χ0) is 14.5. The number of hydrogen-bond acceptors (Lipinski definition) is 7. The van der Waals surface area contributed by atoms with Crippen LogP contribution >= 0.6 is 0 Å². The summed E-state index contributed by atoms with van der Waals surface area (Å²) in [6, 6.07) is 1.93. The molecule has 0 aromatic carbocycles. The van der Waals surface area contributed by atoms with Gasteiger partial charge in [-0.2, -0.15) is 0 Å². The summed E-state index contributed by atoms with van der Waals surface area (Å²) in [5.74, 6) is 0.225. The quantitative estimate of drug-likeness (QED) is 0.788. The average molecular weight is 280 g/mol. The van der Waals surface area contributed by atoms with Crippen molar-refractivity contribution in [3.05, 3.63) is 18.1 Å². The van der Waals surface area contributed by atoms with Crippen molar-refractivity contribution in [1.29, 1.82) is 0 Å². The number of nitrogens with two attached hydrogens (primary N) is 1. The topological polar surface area (TPSA) is 90.6 Å². The minimum absolute atomic E-state index is 0.0645. The summed E-state index contributed by atoms with van der Waals surface area (Å²) in [7, 11) is 3.03. The minimum Gasteiger partial charge on any atom is -0.463 e. The Bertz CT molecular complexity index is 469. The zero-order valence-electron chi connectivity index (χ0n) is 11.8. The molecule has 0 amide bonds. The van der Waals surface area contributed by atoms with Gasteiger partial charge in [-0.25, -0.2) is 14.8 Å². The Morgan fingerprint density at radius 3 is 3.00 bits per heavy atom. The lowest BCUT2D eigenvalue weighted by Gasteiger charge is -2.39. The summed E-state index contributed by atoms with van der Waals surface area (Å²) < 4.78 is 10.0. The number of anilines is 1. The van der Waals surface area contributed by atoms with Crippen LogP contribution < -0.4 is 10.6 Å². The minimum atomic E-state index is -0.539. The molecule has 0 bridgehead atoms. The van der Waals surface area contributed by atoms with E-state index in [1.807, 2.05) is 0 Å². The van der Waals surface area contributed by atoms with Gasteiger partial charge in [-0.3, -0.25) is 0 Å². The van der Waals surface area contributed by atoms with Crippen LogP contribution in [0.3, 0.4) is 0 Å². The highest BCUT2D eigenvalue weighted by molar-refractivity contribution is 5.85. The molecule has 1 aromatic heterocycles. The van der Waals surface area contributed by atoms with E-state index >= 15 is 0 Å². The van der Waals surface area contributed by atoms with E-state index in [9.17, 15) is 4.79 Å². The van der Waals surface area contributed by atoms with Gasteiger partial charge >= 0.3 is 5.97 Å². The molecule has 0 aliphatic carbocycles. The Hall–Kier alpha value is -1.73. The molecular weight excluding hydrogens is 260 g/mol. The summed E-state index contributed by atoms with van der Waals surface area (Å²) in [5, 5.41) is 0. The maximum atomic E-state index is 11.5. The molecule has 0 spiro atoms. The van der Waals surface area contributed by atoms with Gasteiger partial charge < -0.3 is 20.1 Å². The SMILES string of the molecule is COC(=O)c1nccc(N2CCC(OC)CC2CN)n1. The third-order valence-corrected chi connectivity index (χ3v) is 3.58. The first kappa shape index (κ1) is 14.7. The molecule has 1 aliphatic heterocycles. The van der Waals surface area contributed by atoms with E-state index in [0.717, 1.165) is 19.4 Å². The fourth-order valence-electron chi connectivity index (χ4n) is 2.45. The van der Waals surface area contributed by atoms with Crippen LogP contribution in [0.15, 0.2) is 12.3 Å². The van der Waals surface area contributed by atoms with Gasteiger partial charge in [0.15, 0.2) is 0 Å². The molecule has 1 saturated heterocycles. The smallest absolute Gasteiger partial charge is 0.376 e. The number of nitrogens with zero attached hydrogens (tertiary/aromatic N) is 3. The lowest BCUT2D eigenvalue weighted by atomic mass is 9.99. The van der Waals surface area contributed by atoms with Crippen molar-refractivity contribution in [1.82, 2.24) is 9.97 Å². The van der Waals surface area contributed by atoms with Crippen molar-refractivity contribution < 1.29 is 14.3 Å². The van der Waals surface area contributed by atoms with Crippen LogP contribution in [0.5, 0.6) is 0 Å². The molecule has 1 aliphatic rings. The number of carbonyl (C=O) groups excluding carboxylic acids is 1. The standard InChI is InChI=1S/C13H20N4O3/c1-19-10-4-6-17(9(7-10)8-14)11-3-5-15-12(16-11)13(18)20-2/h3,5,9-10H,4,6-8,14H2,1-2H3. The van der Waals surface area contributed by atoms with Crippen molar-refractivity contribution in [2.75, 3.05) is 32.2 Å². The van der Waals surface area contributed by atoms with Crippen molar-refractivity contribution in [3.8, 4) is 0 Å². The molecule has 2 rings (SSSR count). The maximum absolute atomic E-state index is 11.5. The Kier molecular flexibility index (Phi) is 4.86. The number of carbonyl (C=O) groups is 1. The Morgan fingerprint density at radius 1 is 1.55 bits per heavy atom. The van der Waals surface area contributed by atoms with Crippen molar-refractivity contribution in [2.24, 2.45) is 5.73 Å². The van der Waals surface area contributed by atoms with Crippen LogP contribution in [-0.4, -0.2) is 55.4 Å². The van der Waals surface area contributed by atoms with Gasteiger partial charge in [-0.05, 0) is 18.9 Å². The molecule has 0 saturated carbocycles. The average Bonchev–Trinajstić information content (AvgIpc) is 2.53. The molecule has 2 heterocycles. The van der Waals surface area contributed by atoms with Crippen LogP contribution in [0.1, 0.15) is 23.5 Å². The summed E-state index contributed by atoms with van der Waals surface area (Å²) in [6.45, 7) is 1.30. The first-order chi connectivity index (χ1) is 9.69. The van der Waals surface area contributed by atoms with Crippen LogP contribution in [0.4, 0.5) is 5.82 Å². The number of esters is 1. The monoisotopic (exact) mass is 280 g/mol. The predicted octanol–water partition coefficient (Wildman–Crippen LogP) is 0.206. The van der Waals surface area contributed by atoms with Gasteiger partial charge in [0.05, 0.1) is 13.2 Å². The van der Waals surface area contributed by atoms with E-state index in [4.69, 9.17) is 10.5 Å². The van der Waals surface area contributed by atoms with Crippen LogP contribution in [0.2, 0.25) is 0 Å². The molecule has 20 heavy (non-hydrogen) atoms. The lowest BCUT2D eigenvalue weighted by Crippen LogP contribution is -2.49. The Balaban J connectivity index is 2.19. The predicted molar refractivity (Wildman–Crippen MR) is 73.6 cm³/mol. The molecule has 7 heteroatoms. The number of ether oxygens (including phenoxy) is 2. The molecule has 2 atom stereocenters. The molecule has 110 valence electrons. The third kappa shape index (κ3) is 3.05. The highest BCUT2D eigenvalue weighted by atomic mass is 16.5. The number of rotatable bonds is 4. The largest absolute Gasteiger partial charge is 0.463 e. The fraction of sp³-hybridized carbons (Fsp3) is 0.615. The first-order valence-corrected chi connectivity index (χ1v) is 6.60. The molecule has 1 fully saturated rings. The highest BCUT2D eigenvalue weighted by Crippen LogP contribution is 2.24. The van der Waals surface area contributed by atoms with Gasteiger partial charge in [-0.15, -0.1) is 0 Å². The maximum Gasteiger partial charge on any atom is 0.376 e. The molecule has 2 unspecified atom stereocenters. The van der Waals surface area contributed by atoms with Crippen molar-refractivity contribution in [3.63, 3.8) is 0 Å². The highest BCUT2D eigenvalue weighted by Gasteiger charge is 2.28. The molecule has 7 nitrogen and oxygen atoms in total. The summed E-state index contributed by atoms with van der Waals surface area (Å²) in [6.07, 6.45) is 3.54. The Morgan fingerprint density at radius 2 is 2.35 bits per heavy atom. The third-order valence-electron chi connectivity index (χ3n) is 3.58. The van der Waals surface area contributed by atoms with Gasteiger partial charge in [0, 0.05) is 32.4 Å². The summed E-state index contributed by atoms with van der Waals surface area (Å²) >= 11 is 0. The van der Waals surface area contributed by atoms with Crippen LogP contribution in [0.25, 0.3) is 0 Å². The number of methoxy groups -OCH3 is 2. The molecular formula is C13H20N4O3. The second kappa shape index (κ2) is 6.62. The van der Waals surface area contributed by atoms with E-state index in [1.54, 1.807) is 19.4 Å². The van der Waals surface area contributed by atoms with Gasteiger partial charge in [0.25, 0.3) is 0 Å². The van der Waals surface area contributed by atoms with E-state index in [2.05, 4.69) is 19.6 Å². The van der Waals surface area contributed by atoms with Crippen LogP contribution in [-0.2, 0) is 9.47 Å². The number of aromatic nitrogens is 2. The van der Waals surface area contributed by atoms with Gasteiger partial charge in [0.1, 0.15) is 5.82 Å². The van der Waals surface area contributed by atoms with E-state index in [1.165, 1.54) is 7.11 Å². The van der Waals surface area contributed by atoms with E-state index < -0.39 is 5.97 Å². The van der Waals surface area contributed by atoms with Gasteiger partial charge in [-0.1, -0.05) is 0 Å². The second-order valence-electron chi connectivity index (χ2n) is 4.70. The van der Waals surface area contributed by atoms with Gasteiger partial charge in [0.2, 0.25) is 5.82 Å². The summed E-state index contributed by atoms with van der Waals surface area (Å²) in [5.41, 5.74) is 5.84. The summed E-state index contributed by atoms with van der Waals surface area (Å²) in [4.78, 5) is 21.8. The molecule has 1 aromatic rings. The van der Waals surface area contributed by atoms with E-state index in [-0.39, 0.29) is 18.0 Å². The van der Waals surface area contributed by atoms with Crippen molar-refractivity contribution in [2.45, 2.75) is 25.0 Å². The lowest BCUT2D eigenvalue weighted by molar-refractivity contribution is 0.0585. The molecule has 0 radical (unpaired) electrons. The normalized spacial score (nSPS) is 22.6. The number of piperidine rings is 1. The Labute approximate surface area is 118 Å². The first-order valence-electron chi connectivity index (χ1n) is 6.60.